The summed E-state index contributed by atoms with van der Waals surface area (Å²) in [5.41, 5.74) is 0.332. The van der Waals surface area contributed by atoms with Crippen LogP contribution in [0.25, 0.3) is 0 Å². The number of ether oxygens (including phenoxy) is 2. The second-order valence-corrected chi connectivity index (χ2v) is 5.85. The molecule has 20 heavy (non-hydrogen) atoms. The van der Waals surface area contributed by atoms with Crippen molar-refractivity contribution in [2.24, 2.45) is 0 Å². The van der Waals surface area contributed by atoms with Crippen molar-refractivity contribution in [3.8, 4) is 0 Å². The zero-order chi connectivity index (χ0) is 14.6. The lowest BCUT2D eigenvalue weighted by molar-refractivity contribution is -0.0173. The van der Waals surface area contributed by atoms with Gasteiger partial charge in [0.1, 0.15) is 5.60 Å². The highest BCUT2D eigenvalue weighted by Gasteiger charge is 2.34. The Morgan fingerprint density at radius 3 is 2.95 bits per heavy atom. The zero-order valence-electron chi connectivity index (χ0n) is 11.4. The summed E-state index contributed by atoms with van der Waals surface area (Å²) in [4.78, 5) is 0. The van der Waals surface area contributed by atoms with E-state index in [0.29, 0.717) is 41.9 Å². The molecule has 2 atom stereocenters. The SMILES string of the molecule is COC1(CNCC(O)c2cc(Cl)ccc2Cl)CCOC1. The third-order valence-electron chi connectivity index (χ3n) is 3.60. The average molecular weight is 320 g/mol. The Morgan fingerprint density at radius 1 is 1.50 bits per heavy atom. The Labute approximate surface area is 129 Å². The van der Waals surface area contributed by atoms with Gasteiger partial charge in [0.15, 0.2) is 0 Å². The van der Waals surface area contributed by atoms with Crippen molar-refractivity contribution in [2.75, 3.05) is 33.4 Å². The quantitative estimate of drug-likeness (QED) is 0.845. The first-order chi connectivity index (χ1) is 9.56. The molecular weight excluding hydrogens is 301 g/mol. The van der Waals surface area contributed by atoms with Gasteiger partial charge in [0, 0.05) is 48.8 Å². The fourth-order valence-electron chi connectivity index (χ4n) is 2.28. The van der Waals surface area contributed by atoms with Crippen LogP contribution in [-0.2, 0) is 9.47 Å². The molecule has 0 amide bonds. The zero-order valence-corrected chi connectivity index (χ0v) is 12.9. The van der Waals surface area contributed by atoms with Gasteiger partial charge in [-0.25, -0.2) is 0 Å². The van der Waals surface area contributed by atoms with Crippen LogP contribution in [0.3, 0.4) is 0 Å². The number of halogens is 2. The van der Waals surface area contributed by atoms with Gasteiger partial charge in [-0.2, -0.15) is 0 Å². The van der Waals surface area contributed by atoms with E-state index in [1.807, 2.05) is 0 Å². The van der Waals surface area contributed by atoms with Gasteiger partial charge in [-0.1, -0.05) is 23.2 Å². The van der Waals surface area contributed by atoms with E-state index in [-0.39, 0.29) is 5.60 Å². The molecule has 1 aromatic carbocycles. The van der Waals surface area contributed by atoms with Crippen molar-refractivity contribution in [2.45, 2.75) is 18.1 Å². The fourth-order valence-corrected chi connectivity index (χ4v) is 2.70. The van der Waals surface area contributed by atoms with Gasteiger partial charge in [0.2, 0.25) is 0 Å². The molecule has 6 heteroatoms. The van der Waals surface area contributed by atoms with E-state index in [1.165, 1.54) is 0 Å². The maximum atomic E-state index is 10.2. The Bertz CT molecular complexity index is 450. The molecule has 0 bridgehead atoms. The van der Waals surface area contributed by atoms with Crippen molar-refractivity contribution in [3.05, 3.63) is 33.8 Å². The molecule has 0 saturated carbocycles. The highest BCUT2D eigenvalue weighted by Crippen LogP contribution is 2.26. The van der Waals surface area contributed by atoms with Gasteiger partial charge >= 0.3 is 0 Å². The maximum absolute atomic E-state index is 10.2. The molecule has 0 aliphatic carbocycles. The van der Waals surface area contributed by atoms with Crippen molar-refractivity contribution < 1.29 is 14.6 Å². The van der Waals surface area contributed by atoms with Crippen LogP contribution in [0, 0.1) is 0 Å². The van der Waals surface area contributed by atoms with Crippen LogP contribution in [-0.4, -0.2) is 44.1 Å². The van der Waals surface area contributed by atoms with Crippen LogP contribution in [0.1, 0.15) is 18.1 Å². The standard InChI is InChI=1S/C14H19Cl2NO3/c1-19-14(4-5-20-9-14)8-17-7-13(18)11-6-10(15)2-3-12(11)16/h2-3,6,13,17-18H,4-5,7-9H2,1H3. The number of nitrogens with one attached hydrogen (secondary N) is 1. The highest BCUT2D eigenvalue weighted by atomic mass is 35.5. The molecule has 0 radical (unpaired) electrons. The summed E-state index contributed by atoms with van der Waals surface area (Å²) in [5.74, 6) is 0. The van der Waals surface area contributed by atoms with Crippen LogP contribution in [0.2, 0.25) is 10.0 Å². The molecule has 1 aliphatic heterocycles. The molecular formula is C14H19Cl2NO3. The lowest BCUT2D eigenvalue weighted by Crippen LogP contribution is -2.44. The monoisotopic (exact) mass is 319 g/mol. The van der Waals surface area contributed by atoms with E-state index in [0.717, 1.165) is 6.42 Å². The molecule has 1 fully saturated rings. The molecule has 112 valence electrons. The molecule has 0 spiro atoms. The molecule has 0 aromatic heterocycles. The van der Waals surface area contributed by atoms with Crippen molar-refractivity contribution >= 4 is 23.2 Å². The van der Waals surface area contributed by atoms with Gasteiger partial charge in [-0.3, -0.25) is 0 Å². The van der Waals surface area contributed by atoms with Gasteiger partial charge in [0.25, 0.3) is 0 Å². The van der Waals surface area contributed by atoms with Crippen LogP contribution < -0.4 is 5.32 Å². The number of aliphatic hydroxyl groups excluding tert-OH is 1. The van der Waals surface area contributed by atoms with E-state index in [4.69, 9.17) is 32.7 Å². The third-order valence-corrected chi connectivity index (χ3v) is 4.18. The van der Waals surface area contributed by atoms with Crippen LogP contribution >= 0.6 is 23.2 Å². The first kappa shape index (κ1) is 16.0. The van der Waals surface area contributed by atoms with Crippen LogP contribution in [0.15, 0.2) is 18.2 Å². The van der Waals surface area contributed by atoms with Crippen molar-refractivity contribution in [3.63, 3.8) is 0 Å². The number of aliphatic hydroxyl groups is 1. The summed E-state index contributed by atoms with van der Waals surface area (Å²) in [6.07, 6.45) is 0.141. The van der Waals surface area contributed by atoms with E-state index in [9.17, 15) is 5.11 Å². The number of benzene rings is 1. The minimum Gasteiger partial charge on any atom is -0.387 e. The van der Waals surface area contributed by atoms with Crippen molar-refractivity contribution in [1.82, 2.24) is 5.32 Å². The molecule has 2 N–H and O–H groups in total. The highest BCUT2D eigenvalue weighted by molar-refractivity contribution is 6.33. The number of hydrogen-bond donors (Lipinski definition) is 2. The van der Waals surface area contributed by atoms with Gasteiger partial charge in [-0.05, 0) is 18.2 Å². The summed E-state index contributed by atoms with van der Waals surface area (Å²) in [6.45, 7) is 2.28. The molecule has 2 unspecified atom stereocenters. The van der Waals surface area contributed by atoms with Gasteiger partial charge in [-0.15, -0.1) is 0 Å². The number of rotatable bonds is 6. The largest absolute Gasteiger partial charge is 0.387 e. The topological polar surface area (TPSA) is 50.7 Å². The fraction of sp³-hybridized carbons (Fsp3) is 0.571. The lowest BCUT2D eigenvalue weighted by Gasteiger charge is -2.26. The second-order valence-electron chi connectivity index (χ2n) is 5.00. The Hall–Kier alpha value is -0.360. The average Bonchev–Trinajstić information content (AvgIpc) is 2.91. The van der Waals surface area contributed by atoms with E-state index < -0.39 is 6.10 Å². The molecule has 1 heterocycles. The van der Waals surface area contributed by atoms with E-state index in [1.54, 1.807) is 25.3 Å². The molecule has 4 nitrogen and oxygen atoms in total. The summed E-state index contributed by atoms with van der Waals surface area (Å²) in [6, 6.07) is 5.06. The summed E-state index contributed by atoms with van der Waals surface area (Å²) < 4.78 is 10.9. The lowest BCUT2D eigenvalue weighted by atomic mass is 10.0. The first-order valence-electron chi connectivity index (χ1n) is 6.53. The Kier molecular flexibility index (Phi) is 5.66. The minimum atomic E-state index is -0.711. The predicted molar refractivity (Wildman–Crippen MR) is 79.5 cm³/mol. The summed E-state index contributed by atoms with van der Waals surface area (Å²) in [5, 5.41) is 14.5. The molecule has 1 aliphatic rings. The van der Waals surface area contributed by atoms with Crippen LogP contribution in [0.5, 0.6) is 0 Å². The predicted octanol–water partition coefficient (Wildman–Crippen LogP) is 2.42. The maximum Gasteiger partial charge on any atom is 0.106 e. The first-order valence-corrected chi connectivity index (χ1v) is 7.28. The van der Waals surface area contributed by atoms with E-state index in [2.05, 4.69) is 5.32 Å². The minimum absolute atomic E-state index is 0.294. The van der Waals surface area contributed by atoms with Crippen molar-refractivity contribution in [1.29, 1.82) is 0 Å². The molecule has 1 saturated heterocycles. The third kappa shape index (κ3) is 3.85. The number of hydrogen-bond acceptors (Lipinski definition) is 4. The number of methoxy groups -OCH3 is 1. The molecule has 2 rings (SSSR count). The Morgan fingerprint density at radius 2 is 2.30 bits per heavy atom. The smallest absolute Gasteiger partial charge is 0.106 e. The molecule has 1 aromatic rings. The normalized spacial score (nSPS) is 24.0. The van der Waals surface area contributed by atoms with Crippen LogP contribution in [0.4, 0.5) is 0 Å². The van der Waals surface area contributed by atoms with E-state index >= 15 is 0 Å². The van der Waals surface area contributed by atoms with Gasteiger partial charge < -0.3 is 19.9 Å². The summed E-state index contributed by atoms with van der Waals surface area (Å²) in [7, 11) is 1.68. The second kappa shape index (κ2) is 7.07. The van der Waals surface area contributed by atoms with Gasteiger partial charge in [0.05, 0.1) is 12.7 Å². The Balaban J connectivity index is 1.88. The summed E-state index contributed by atoms with van der Waals surface area (Å²) >= 11 is 12.0.